The van der Waals surface area contributed by atoms with Gasteiger partial charge in [0, 0.05) is 30.7 Å². The second kappa shape index (κ2) is 8.58. The number of carbonyl (C=O) groups is 1. The van der Waals surface area contributed by atoms with E-state index in [1.807, 2.05) is 30.3 Å². The standard InChI is InChI=1S/C22H22N6O3/c29-22(25-16-3-1-15(2-4-16)14-28-6-9-30-10-7-28)21-19(12-24-27-21)26-18-11-23-13-20-17(18)5-8-31-20/h1-5,8,11-13,26H,6-7,9-10,14H2,(H,24,27)(H,25,29). The number of benzene rings is 1. The molecule has 9 heteroatoms. The highest BCUT2D eigenvalue weighted by Gasteiger charge is 2.16. The molecule has 0 radical (unpaired) electrons. The Bertz CT molecular complexity index is 1180. The van der Waals surface area contributed by atoms with Gasteiger partial charge in [0.15, 0.2) is 5.58 Å². The van der Waals surface area contributed by atoms with Crippen LogP contribution >= 0.6 is 0 Å². The van der Waals surface area contributed by atoms with Crippen LogP contribution < -0.4 is 10.6 Å². The molecule has 1 aromatic carbocycles. The molecular weight excluding hydrogens is 396 g/mol. The van der Waals surface area contributed by atoms with Crippen LogP contribution in [0.4, 0.5) is 17.1 Å². The van der Waals surface area contributed by atoms with Crippen LogP contribution in [0.5, 0.6) is 0 Å². The second-order valence-electron chi connectivity index (χ2n) is 7.34. The highest BCUT2D eigenvalue weighted by molar-refractivity contribution is 6.07. The molecule has 1 fully saturated rings. The van der Waals surface area contributed by atoms with Crippen LogP contribution in [-0.2, 0) is 11.3 Å². The number of rotatable bonds is 6. The first-order valence-corrected chi connectivity index (χ1v) is 10.1. The van der Waals surface area contributed by atoms with Crippen molar-refractivity contribution in [1.29, 1.82) is 0 Å². The van der Waals surface area contributed by atoms with Crippen molar-refractivity contribution in [3.63, 3.8) is 0 Å². The Balaban J connectivity index is 1.26. The van der Waals surface area contributed by atoms with Gasteiger partial charge in [0.05, 0.1) is 49.4 Å². The molecule has 0 aliphatic carbocycles. The number of nitrogens with one attached hydrogen (secondary N) is 3. The van der Waals surface area contributed by atoms with Crippen LogP contribution in [0.1, 0.15) is 16.1 Å². The van der Waals surface area contributed by atoms with Crippen LogP contribution in [0.2, 0.25) is 0 Å². The molecule has 158 valence electrons. The number of carbonyl (C=O) groups excluding carboxylic acids is 1. The lowest BCUT2D eigenvalue weighted by Crippen LogP contribution is -2.35. The minimum absolute atomic E-state index is 0.284. The molecular formula is C22H22N6O3. The first kappa shape index (κ1) is 19.3. The van der Waals surface area contributed by atoms with Crippen molar-refractivity contribution in [1.82, 2.24) is 20.1 Å². The zero-order chi connectivity index (χ0) is 21.0. The van der Waals surface area contributed by atoms with Crippen molar-refractivity contribution >= 4 is 33.9 Å². The zero-order valence-corrected chi connectivity index (χ0v) is 16.8. The zero-order valence-electron chi connectivity index (χ0n) is 16.8. The number of amides is 1. The van der Waals surface area contributed by atoms with Gasteiger partial charge in [0.2, 0.25) is 0 Å². The van der Waals surface area contributed by atoms with Gasteiger partial charge in [-0.2, -0.15) is 5.10 Å². The maximum absolute atomic E-state index is 12.8. The number of furan rings is 1. The number of aromatic nitrogens is 3. The molecule has 0 unspecified atom stereocenters. The van der Waals surface area contributed by atoms with Gasteiger partial charge in [0.1, 0.15) is 5.69 Å². The first-order valence-electron chi connectivity index (χ1n) is 10.1. The summed E-state index contributed by atoms with van der Waals surface area (Å²) in [6.07, 6.45) is 6.49. The van der Waals surface area contributed by atoms with Gasteiger partial charge >= 0.3 is 0 Å². The SMILES string of the molecule is O=C(Nc1ccc(CN2CCOCC2)cc1)c1[nH]ncc1Nc1cncc2occc12. The lowest BCUT2D eigenvalue weighted by atomic mass is 10.2. The van der Waals surface area contributed by atoms with E-state index in [2.05, 4.69) is 30.7 Å². The monoisotopic (exact) mass is 418 g/mol. The summed E-state index contributed by atoms with van der Waals surface area (Å²) in [6, 6.07) is 9.73. The van der Waals surface area contributed by atoms with Gasteiger partial charge in [-0.15, -0.1) is 0 Å². The Kier molecular flexibility index (Phi) is 5.34. The summed E-state index contributed by atoms with van der Waals surface area (Å²) in [5, 5.41) is 13.8. The van der Waals surface area contributed by atoms with Gasteiger partial charge in [0.25, 0.3) is 5.91 Å². The number of hydrogen-bond donors (Lipinski definition) is 3. The highest BCUT2D eigenvalue weighted by atomic mass is 16.5. The van der Waals surface area contributed by atoms with Crippen molar-refractivity contribution in [3.05, 3.63) is 66.4 Å². The van der Waals surface area contributed by atoms with E-state index in [1.165, 1.54) is 5.56 Å². The van der Waals surface area contributed by atoms with Crippen molar-refractivity contribution in [3.8, 4) is 0 Å². The van der Waals surface area contributed by atoms with E-state index in [4.69, 9.17) is 9.15 Å². The van der Waals surface area contributed by atoms with E-state index < -0.39 is 0 Å². The number of pyridine rings is 1. The van der Waals surface area contributed by atoms with E-state index in [0.717, 1.165) is 49.6 Å². The summed E-state index contributed by atoms with van der Waals surface area (Å²) in [4.78, 5) is 19.3. The first-order chi connectivity index (χ1) is 15.3. The summed E-state index contributed by atoms with van der Waals surface area (Å²) in [7, 11) is 0. The molecule has 1 amide bonds. The van der Waals surface area contributed by atoms with Crippen molar-refractivity contribution < 1.29 is 13.9 Å². The van der Waals surface area contributed by atoms with E-state index in [-0.39, 0.29) is 5.91 Å². The fourth-order valence-electron chi connectivity index (χ4n) is 3.60. The predicted octanol–water partition coefficient (Wildman–Crippen LogP) is 3.38. The number of aromatic amines is 1. The average Bonchev–Trinajstić information content (AvgIpc) is 3.46. The Morgan fingerprint density at radius 2 is 1.90 bits per heavy atom. The maximum Gasteiger partial charge on any atom is 0.275 e. The van der Waals surface area contributed by atoms with Gasteiger partial charge < -0.3 is 19.8 Å². The molecule has 0 spiro atoms. The van der Waals surface area contributed by atoms with Gasteiger partial charge in [-0.3, -0.25) is 19.8 Å². The number of nitrogens with zero attached hydrogens (tertiary/aromatic N) is 3. The van der Waals surface area contributed by atoms with Crippen LogP contribution in [0.3, 0.4) is 0 Å². The maximum atomic E-state index is 12.8. The van der Waals surface area contributed by atoms with Crippen LogP contribution in [-0.4, -0.2) is 52.3 Å². The molecule has 0 bridgehead atoms. The Hall–Kier alpha value is -3.69. The topological polar surface area (TPSA) is 108 Å². The number of H-pyrrole nitrogens is 1. The molecule has 0 saturated carbocycles. The van der Waals surface area contributed by atoms with E-state index >= 15 is 0 Å². The van der Waals surface area contributed by atoms with Gasteiger partial charge in [-0.05, 0) is 23.8 Å². The summed E-state index contributed by atoms with van der Waals surface area (Å²) >= 11 is 0. The molecule has 1 aliphatic rings. The quantitative estimate of drug-likeness (QED) is 0.440. The van der Waals surface area contributed by atoms with Crippen molar-refractivity contribution in [2.75, 3.05) is 36.9 Å². The largest absolute Gasteiger partial charge is 0.463 e. The predicted molar refractivity (Wildman–Crippen MR) is 116 cm³/mol. The van der Waals surface area contributed by atoms with E-state index in [9.17, 15) is 4.79 Å². The summed E-state index contributed by atoms with van der Waals surface area (Å²) in [5.41, 5.74) is 4.19. The van der Waals surface area contributed by atoms with E-state index in [1.54, 1.807) is 24.9 Å². The Morgan fingerprint density at radius 1 is 1.06 bits per heavy atom. The van der Waals surface area contributed by atoms with Crippen LogP contribution in [0.25, 0.3) is 11.0 Å². The molecule has 3 aromatic heterocycles. The highest BCUT2D eigenvalue weighted by Crippen LogP contribution is 2.27. The third-order valence-electron chi connectivity index (χ3n) is 5.24. The van der Waals surface area contributed by atoms with Gasteiger partial charge in [-0.1, -0.05) is 12.1 Å². The van der Waals surface area contributed by atoms with Crippen LogP contribution in [0, 0.1) is 0 Å². The lowest BCUT2D eigenvalue weighted by Gasteiger charge is -2.26. The molecule has 4 heterocycles. The Labute approximate surface area is 178 Å². The number of morpholine rings is 1. The lowest BCUT2D eigenvalue weighted by molar-refractivity contribution is 0.0342. The van der Waals surface area contributed by atoms with E-state index in [0.29, 0.717) is 17.0 Å². The molecule has 0 atom stereocenters. The fourth-order valence-corrected chi connectivity index (χ4v) is 3.60. The van der Waals surface area contributed by atoms with Gasteiger partial charge in [-0.25, -0.2) is 0 Å². The molecule has 1 aliphatic heterocycles. The minimum Gasteiger partial charge on any atom is -0.463 e. The molecule has 4 aromatic rings. The normalized spacial score (nSPS) is 14.6. The summed E-state index contributed by atoms with van der Waals surface area (Å²) < 4.78 is 10.8. The summed E-state index contributed by atoms with van der Waals surface area (Å²) in [5.74, 6) is -0.284. The number of hydrogen-bond acceptors (Lipinski definition) is 7. The summed E-state index contributed by atoms with van der Waals surface area (Å²) in [6.45, 7) is 4.31. The molecule has 3 N–H and O–H groups in total. The minimum atomic E-state index is -0.284. The molecule has 5 rings (SSSR count). The smallest absolute Gasteiger partial charge is 0.275 e. The average molecular weight is 418 g/mol. The fraction of sp³-hybridized carbons (Fsp3) is 0.227. The molecule has 31 heavy (non-hydrogen) atoms. The third-order valence-corrected chi connectivity index (χ3v) is 5.24. The number of ether oxygens (including phenoxy) is 1. The van der Waals surface area contributed by atoms with Crippen molar-refractivity contribution in [2.45, 2.75) is 6.54 Å². The molecule has 9 nitrogen and oxygen atoms in total. The Morgan fingerprint density at radius 3 is 2.74 bits per heavy atom. The second-order valence-corrected chi connectivity index (χ2v) is 7.34. The third kappa shape index (κ3) is 4.27. The van der Waals surface area contributed by atoms with Crippen LogP contribution in [0.15, 0.2) is 59.6 Å². The van der Waals surface area contributed by atoms with Crippen molar-refractivity contribution in [2.24, 2.45) is 0 Å². The number of anilines is 3. The number of fused-ring (bicyclic) bond motifs is 1. The molecule has 1 saturated heterocycles.